The van der Waals surface area contributed by atoms with Crippen molar-refractivity contribution in [1.29, 1.82) is 0 Å². The van der Waals surface area contributed by atoms with Gasteiger partial charge in [0.2, 0.25) is 0 Å². The van der Waals surface area contributed by atoms with Crippen LogP contribution in [0.4, 0.5) is 0 Å². The Bertz CT molecular complexity index is 225. The fourth-order valence-electron chi connectivity index (χ4n) is 0.435. The first-order valence-corrected chi connectivity index (χ1v) is 2.20. The summed E-state index contributed by atoms with van der Waals surface area (Å²) >= 11 is 0. The summed E-state index contributed by atoms with van der Waals surface area (Å²) in [6.07, 6.45) is 0. The zero-order valence-electron chi connectivity index (χ0n) is 4.33. The molecule has 0 spiro atoms. The fourth-order valence-corrected chi connectivity index (χ4v) is 0.435. The molecule has 1 rings (SSSR count). The molecule has 48 valence electrons. The summed E-state index contributed by atoms with van der Waals surface area (Å²) in [5.41, 5.74) is 0. The molecule has 1 aromatic rings. The molecular formula is C5H3O4-. The Balaban J connectivity index is 2.98. The molecule has 1 aromatic heterocycles. The summed E-state index contributed by atoms with van der Waals surface area (Å²) < 4.78 is 4.19. The normalized spacial score (nSPS) is 9.33. The van der Waals surface area contributed by atoms with E-state index in [0.717, 1.165) is 12.1 Å². The van der Waals surface area contributed by atoms with Crippen LogP contribution < -0.4 is 5.11 Å². The first-order chi connectivity index (χ1) is 4.20. The number of rotatable bonds is 1. The van der Waals surface area contributed by atoms with Crippen molar-refractivity contribution in [2.75, 3.05) is 0 Å². The third-order valence-electron chi connectivity index (χ3n) is 0.792. The lowest BCUT2D eigenvalue weighted by atomic mass is 10.5. The van der Waals surface area contributed by atoms with Crippen LogP contribution >= 0.6 is 0 Å². The Labute approximate surface area is 50.3 Å². The van der Waals surface area contributed by atoms with Crippen molar-refractivity contribution in [2.45, 2.75) is 0 Å². The van der Waals surface area contributed by atoms with Crippen molar-refractivity contribution >= 4 is 5.97 Å². The van der Waals surface area contributed by atoms with E-state index in [9.17, 15) is 9.90 Å². The van der Waals surface area contributed by atoms with Crippen molar-refractivity contribution in [1.82, 2.24) is 0 Å². The van der Waals surface area contributed by atoms with Crippen LogP contribution in [0.15, 0.2) is 16.5 Å². The number of furan rings is 1. The quantitative estimate of drug-likeness (QED) is 0.578. The lowest BCUT2D eigenvalue weighted by Gasteiger charge is -1.92. The summed E-state index contributed by atoms with van der Waals surface area (Å²) in [7, 11) is 0. The summed E-state index contributed by atoms with van der Waals surface area (Å²) in [4.78, 5) is 9.98. The molecule has 1 heterocycles. The zero-order valence-corrected chi connectivity index (χ0v) is 4.33. The van der Waals surface area contributed by atoms with Gasteiger partial charge in [-0.25, -0.2) is 4.79 Å². The van der Waals surface area contributed by atoms with Crippen LogP contribution in [0, 0.1) is 0 Å². The number of hydrogen-bond donors (Lipinski definition) is 1. The third-order valence-corrected chi connectivity index (χ3v) is 0.792. The molecule has 1 N–H and O–H groups in total. The molecule has 0 saturated heterocycles. The number of carboxylic acids is 1. The lowest BCUT2D eigenvalue weighted by molar-refractivity contribution is -0.294. The van der Waals surface area contributed by atoms with E-state index in [0.29, 0.717) is 0 Å². The fraction of sp³-hybridized carbons (Fsp3) is 0. The first kappa shape index (κ1) is 5.68. The van der Waals surface area contributed by atoms with Gasteiger partial charge in [-0.05, 0) is 12.1 Å². The van der Waals surface area contributed by atoms with Gasteiger partial charge >= 0.3 is 5.97 Å². The van der Waals surface area contributed by atoms with Crippen molar-refractivity contribution in [2.24, 2.45) is 0 Å². The van der Waals surface area contributed by atoms with Crippen LogP contribution in [-0.4, -0.2) is 11.1 Å². The van der Waals surface area contributed by atoms with Crippen LogP contribution in [0.5, 0.6) is 5.95 Å². The van der Waals surface area contributed by atoms with Crippen LogP contribution in [0.25, 0.3) is 0 Å². The van der Waals surface area contributed by atoms with Gasteiger partial charge in [0.1, 0.15) is 0 Å². The maximum Gasteiger partial charge on any atom is 0.342 e. The average molecular weight is 127 g/mol. The van der Waals surface area contributed by atoms with Gasteiger partial charge in [-0.15, -0.1) is 0 Å². The second kappa shape index (κ2) is 1.81. The SMILES string of the molecule is O=C(O)c1ccc([O-])o1. The highest BCUT2D eigenvalue weighted by atomic mass is 16.5. The minimum absolute atomic E-state index is 0.319. The standard InChI is InChI=1S/C5H4O4/c6-4-2-1-3(9-4)5(7)8/h1-2,6H,(H,7,8)/p-1. The number of carboxylic acid groups (broad SMARTS) is 1. The smallest absolute Gasteiger partial charge is 0.342 e. The molecule has 0 aliphatic carbocycles. The monoisotopic (exact) mass is 127 g/mol. The van der Waals surface area contributed by atoms with Crippen LogP contribution in [0.2, 0.25) is 0 Å². The molecule has 0 amide bonds. The average Bonchev–Trinajstić information content (AvgIpc) is 2.14. The highest BCUT2D eigenvalue weighted by Gasteiger charge is 1.97. The Morgan fingerprint density at radius 2 is 2.33 bits per heavy atom. The molecular weight excluding hydrogens is 124 g/mol. The first-order valence-electron chi connectivity index (χ1n) is 2.20. The number of carbonyl (C=O) groups is 1. The van der Waals surface area contributed by atoms with E-state index in [4.69, 9.17) is 5.11 Å². The molecule has 0 fully saturated rings. The highest BCUT2D eigenvalue weighted by Crippen LogP contribution is 2.09. The van der Waals surface area contributed by atoms with Gasteiger partial charge in [-0.2, -0.15) is 0 Å². The van der Waals surface area contributed by atoms with E-state index in [2.05, 4.69) is 4.42 Å². The molecule has 0 radical (unpaired) electrons. The summed E-state index contributed by atoms with van der Waals surface area (Å²) in [5, 5.41) is 18.3. The van der Waals surface area contributed by atoms with E-state index in [1.54, 1.807) is 0 Å². The van der Waals surface area contributed by atoms with E-state index in [-0.39, 0.29) is 5.76 Å². The molecule has 0 saturated carbocycles. The highest BCUT2D eigenvalue weighted by molar-refractivity contribution is 5.84. The summed E-state index contributed by atoms with van der Waals surface area (Å²) in [6.45, 7) is 0. The van der Waals surface area contributed by atoms with E-state index in [1.807, 2.05) is 0 Å². The van der Waals surface area contributed by atoms with Gasteiger partial charge in [-0.3, -0.25) is 0 Å². The third kappa shape index (κ3) is 1.02. The Morgan fingerprint density at radius 1 is 1.67 bits per heavy atom. The Kier molecular flexibility index (Phi) is 1.14. The van der Waals surface area contributed by atoms with Crippen molar-refractivity contribution < 1.29 is 19.4 Å². The molecule has 4 nitrogen and oxygen atoms in total. The maximum absolute atomic E-state index is 10.2. The number of aromatic carboxylic acids is 1. The second-order valence-electron chi connectivity index (χ2n) is 1.42. The topological polar surface area (TPSA) is 73.5 Å². The van der Waals surface area contributed by atoms with Crippen LogP contribution in [0.3, 0.4) is 0 Å². The van der Waals surface area contributed by atoms with Gasteiger partial charge < -0.3 is 14.6 Å². The van der Waals surface area contributed by atoms with Gasteiger partial charge in [0.15, 0.2) is 0 Å². The zero-order chi connectivity index (χ0) is 6.85. The maximum atomic E-state index is 10.2. The van der Waals surface area contributed by atoms with Crippen molar-refractivity contribution in [3.63, 3.8) is 0 Å². The van der Waals surface area contributed by atoms with Crippen molar-refractivity contribution in [3.8, 4) is 5.95 Å². The molecule has 0 aliphatic heterocycles. The second-order valence-corrected chi connectivity index (χ2v) is 1.42. The predicted molar refractivity (Wildman–Crippen MR) is 25.1 cm³/mol. The van der Waals surface area contributed by atoms with E-state index >= 15 is 0 Å². The minimum Gasteiger partial charge on any atom is -0.573 e. The van der Waals surface area contributed by atoms with E-state index < -0.39 is 11.9 Å². The largest absolute Gasteiger partial charge is 0.573 e. The van der Waals surface area contributed by atoms with Gasteiger partial charge in [0.25, 0.3) is 0 Å². The van der Waals surface area contributed by atoms with Crippen LogP contribution in [0.1, 0.15) is 10.6 Å². The molecule has 0 aromatic carbocycles. The molecule has 0 bridgehead atoms. The Morgan fingerprint density at radius 3 is 2.56 bits per heavy atom. The van der Waals surface area contributed by atoms with Crippen LogP contribution in [-0.2, 0) is 0 Å². The van der Waals surface area contributed by atoms with Gasteiger partial charge in [-0.1, -0.05) is 0 Å². The minimum atomic E-state index is -1.22. The Hall–Kier alpha value is -1.45. The van der Waals surface area contributed by atoms with E-state index in [1.165, 1.54) is 0 Å². The van der Waals surface area contributed by atoms with Crippen molar-refractivity contribution in [3.05, 3.63) is 17.9 Å². The summed E-state index contributed by atoms with van der Waals surface area (Å²) in [6, 6.07) is 2.17. The molecule has 9 heavy (non-hydrogen) atoms. The summed E-state index contributed by atoms with van der Waals surface area (Å²) in [5.74, 6) is -2.18. The predicted octanol–water partition coefficient (Wildman–Crippen LogP) is 0.0514. The number of hydrogen-bond acceptors (Lipinski definition) is 3. The molecule has 4 heteroatoms. The molecule has 0 aliphatic rings. The van der Waals surface area contributed by atoms with Gasteiger partial charge in [0.05, 0.1) is 11.7 Å². The lowest BCUT2D eigenvalue weighted by Crippen LogP contribution is -1.92. The molecule has 0 unspecified atom stereocenters. The molecule has 0 atom stereocenters. The van der Waals surface area contributed by atoms with Gasteiger partial charge in [0, 0.05) is 0 Å².